The zero-order valence-corrected chi connectivity index (χ0v) is 13.0. The van der Waals surface area contributed by atoms with Crippen molar-refractivity contribution in [2.75, 3.05) is 19.7 Å². The topological polar surface area (TPSA) is 50.4 Å². The van der Waals surface area contributed by atoms with E-state index < -0.39 is 18.7 Å². The molecule has 2 N–H and O–H groups in total. The van der Waals surface area contributed by atoms with Gasteiger partial charge in [-0.3, -0.25) is 4.79 Å². The molecule has 0 saturated carbocycles. The van der Waals surface area contributed by atoms with Gasteiger partial charge in [-0.1, -0.05) is 18.1 Å². The number of benzene rings is 1. The van der Waals surface area contributed by atoms with Crippen molar-refractivity contribution in [3.05, 3.63) is 29.3 Å². The number of amides is 1. The fourth-order valence-electron chi connectivity index (χ4n) is 2.52. The Balaban J connectivity index is 2.00. The van der Waals surface area contributed by atoms with Crippen LogP contribution in [-0.2, 0) is 0 Å². The van der Waals surface area contributed by atoms with E-state index in [1.807, 2.05) is 0 Å². The van der Waals surface area contributed by atoms with Crippen molar-refractivity contribution < 1.29 is 22.7 Å². The molecule has 1 heterocycles. The average molecular weight is 330 g/mol. The minimum absolute atomic E-state index is 0.0537. The van der Waals surface area contributed by atoms with Gasteiger partial charge >= 0.3 is 6.18 Å². The lowest BCUT2D eigenvalue weighted by atomic mass is 10.0. The molecule has 1 aliphatic heterocycles. The van der Waals surface area contributed by atoms with Crippen LogP contribution in [0.1, 0.15) is 35.2 Å². The van der Waals surface area contributed by atoms with Crippen molar-refractivity contribution in [1.82, 2.24) is 10.6 Å². The van der Waals surface area contributed by atoms with Crippen LogP contribution in [0.25, 0.3) is 0 Å². The first-order valence-electron chi connectivity index (χ1n) is 7.67. The van der Waals surface area contributed by atoms with Gasteiger partial charge in [0.25, 0.3) is 5.91 Å². The molecule has 1 aromatic rings. The summed E-state index contributed by atoms with van der Waals surface area (Å²) in [6.45, 7) is 1.73. The molecular formula is C16H21F3N2O2. The molecule has 0 aromatic heterocycles. The number of nitrogens with one attached hydrogen (secondary N) is 2. The maximum absolute atomic E-state index is 12.3. The predicted molar refractivity (Wildman–Crippen MR) is 80.7 cm³/mol. The van der Waals surface area contributed by atoms with Crippen LogP contribution in [0.3, 0.4) is 0 Å². The van der Waals surface area contributed by atoms with Crippen LogP contribution in [0.15, 0.2) is 18.2 Å². The average Bonchev–Trinajstić information content (AvgIpc) is 2.51. The molecule has 2 rings (SSSR count). The summed E-state index contributed by atoms with van der Waals surface area (Å²) in [5, 5.41) is 6.07. The maximum Gasteiger partial charge on any atom is 0.422 e. The van der Waals surface area contributed by atoms with E-state index in [1.165, 1.54) is 12.1 Å². The second-order valence-corrected chi connectivity index (χ2v) is 5.76. The zero-order valence-electron chi connectivity index (χ0n) is 13.0. The lowest BCUT2D eigenvalue weighted by Crippen LogP contribution is -2.43. The predicted octanol–water partition coefficient (Wildman–Crippen LogP) is 2.81. The lowest BCUT2D eigenvalue weighted by molar-refractivity contribution is -0.153. The molecule has 4 nitrogen and oxygen atoms in total. The molecule has 1 atom stereocenters. The number of carbonyl (C=O) groups excluding carboxylic acids is 1. The fraction of sp³-hybridized carbons (Fsp3) is 0.562. The Morgan fingerprint density at radius 1 is 1.39 bits per heavy atom. The van der Waals surface area contributed by atoms with Crippen LogP contribution in [-0.4, -0.2) is 37.8 Å². The van der Waals surface area contributed by atoms with Gasteiger partial charge in [0.05, 0.1) is 5.56 Å². The summed E-state index contributed by atoms with van der Waals surface area (Å²) in [4.78, 5) is 12.3. The molecule has 1 amide bonds. The molecule has 1 aromatic carbocycles. The van der Waals surface area contributed by atoms with Crippen molar-refractivity contribution in [2.24, 2.45) is 0 Å². The molecule has 0 aliphatic carbocycles. The van der Waals surface area contributed by atoms with E-state index >= 15 is 0 Å². The monoisotopic (exact) mass is 330 g/mol. The second kappa shape index (κ2) is 7.68. The van der Waals surface area contributed by atoms with Crippen LogP contribution < -0.4 is 15.4 Å². The highest BCUT2D eigenvalue weighted by molar-refractivity contribution is 5.97. The van der Waals surface area contributed by atoms with Gasteiger partial charge in [0, 0.05) is 12.6 Å². The van der Waals surface area contributed by atoms with Crippen LogP contribution in [0.2, 0.25) is 0 Å². The fourth-order valence-corrected chi connectivity index (χ4v) is 2.52. The van der Waals surface area contributed by atoms with E-state index in [1.54, 1.807) is 13.0 Å². The Hall–Kier alpha value is -1.76. The molecule has 1 aliphatic rings. The standard InChI is InChI=1S/C16H21F3N2O2/c1-11-5-6-14(23-10-16(17,18)19)13(8-11)15(22)21-9-12-4-2-3-7-20-12/h5-6,8,12,20H,2-4,7,9-10H2,1H3,(H,21,22). The second-order valence-electron chi connectivity index (χ2n) is 5.76. The summed E-state index contributed by atoms with van der Waals surface area (Å²) in [5.74, 6) is -0.472. The molecule has 128 valence electrons. The van der Waals surface area contributed by atoms with Gasteiger partial charge in [0.2, 0.25) is 0 Å². The van der Waals surface area contributed by atoms with Crippen molar-refractivity contribution in [3.8, 4) is 5.75 Å². The van der Waals surface area contributed by atoms with Crippen LogP contribution in [0.4, 0.5) is 13.2 Å². The number of carbonyl (C=O) groups is 1. The quantitative estimate of drug-likeness (QED) is 0.873. The highest BCUT2D eigenvalue weighted by Crippen LogP contribution is 2.23. The molecule has 7 heteroatoms. The number of hydrogen-bond donors (Lipinski definition) is 2. The number of hydrogen-bond acceptors (Lipinski definition) is 3. The van der Waals surface area contributed by atoms with Gasteiger partial charge in [-0.25, -0.2) is 0 Å². The van der Waals surface area contributed by atoms with E-state index in [0.717, 1.165) is 31.4 Å². The summed E-state index contributed by atoms with van der Waals surface area (Å²) in [6.07, 6.45) is -1.23. The number of piperidine rings is 1. The Kier molecular flexibility index (Phi) is 5.87. The van der Waals surface area contributed by atoms with Gasteiger partial charge in [-0.15, -0.1) is 0 Å². The van der Waals surface area contributed by atoms with E-state index in [2.05, 4.69) is 10.6 Å². The third-order valence-corrected chi connectivity index (χ3v) is 3.69. The number of rotatable bonds is 5. The largest absolute Gasteiger partial charge is 0.483 e. The minimum Gasteiger partial charge on any atom is -0.483 e. The normalized spacial score (nSPS) is 18.5. The third kappa shape index (κ3) is 5.74. The first-order chi connectivity index (χ1) is 10.8. The Morgan fingerprint density at radius 3 is 2.83 bits per heavy atom. The number of ether oxygens (including phenoxy) is 1. The molecule has 0 radical (unpaired) electrons. The first-order valence-corrected chi connectivity index (χ1v) is 7.67. The van der Waals surface area contributed by atoms with Gasteiger partial charge in [-0.2, -0.15) is 13.2 Å². The van der Waals surface area contributed by atoms with Crippen LogP contribution in [0.5, 0.6) is 5.75 Å². The minimum atomic E-state index is -4.44. The molecule has 1 saturated heterocycles. The maximum atomic E-state index is 12.3. The third-order valence-electron chi connectivity index (χ3n) is 3.69. The smallest absolute Gasteiger partial charge is 0.422 e. The van der Waals surface area contributed by atoms with Gasteiger partial charge < -0.3 is 15.4 Å². The van der Waals surface area contributed by atoms with E-state index in [0.29, 0.717) is 6.54 Å². The summed E-state index contributed by atoms with van der Waals surface area (Å²) in [7, 11) is 0. The molecule has 23 heavy (non-hydrogen) atoms. The number of aryl methyl sites for hydroxylation is 1. The molecule has 1 fully saturated rings. The van der Waals surface area contributed by atoms with E-state index in [9.17, 15) is 18.0 Å². The van der Waals surface area contributed by atoms with E-state index in [4.69, 9.17) is 4.74 Å². The molecule has 1 unspecified atom stereocenters. The summed E-state index contributed by atoms with van der Waals surface area (Å²) < 4.78 is 41.7. The van der Waals surface area contributed by atoms with Crippen molar-refractivity contribution >= 4 is 5.91 Å². The van der Waals surface area contributed by atoms with Gasteiger partial charge in [0.1, 0.15) is 5.75 Å². The highest BCUT2D eigenvalue weighted by atomic mass is 19.4. The van der Waals surface area contributed by atoms with Crippen LogP contribution >= 0.6 is 0 Å². The van der Waals surface area contributed by atoms with Crippen molar-refractivity contribution in [3.63, 3.8) is 0 Å². The van der Waals surface area contributed by atoms with E-state index in [-0.39, 0.29) is 17.4 Å². The number of halogens is 3. The molecule has 0 spiro atoms. The summed E-state index contributed by atoms with van der Waals surface area (Å²) in [5.41, 5.74) is 0.912. The Bertz CT molecular complexity index is 541. The van der Waals surface area contributed by atoms with Gasteiger partial charge in [-0.05, 0) is 38.4 Å². The highest BCUT2D eigenvalue weighted by Gasteiger charge is 2.29. The molecule has 0 bridgehead atoms. The molecular weight excluding hydrogens is 309 g/mol. The zero-order chi connectivity index (χ0) is 16.9. The lowest BCUT2D eigenvalue weighted by Gasteiger charge is -2.23. The summed E-state index contributed by atoms with van der Waals surface area (Å²) in [6, 6.07) is 4.76. The summed E-state index contributed by atoms with van der Waals surface area (Å²) >= 11 is 0. The Morgan fingerprint density at radius 2 is 2.17 bits per heavy atom. The number of alkyl halides is 3. The van der Waals surface area contributed by atoms with Crippen molar-refractivity contribution in [1.29, 1.82) is 0 Å². The van der Waals surface area contributed by atoms with Crippen LogP contribution in [0, 0.1) is 6.92 Å². The SMILES string of the molecule is Cc1ccc(OCC(F)(F)F)c(C(=O)NCC2CCCCN2)c1. The Labute approximate surface area is 133 Å². The first kappa shape index (κ1) is 17.6. The van der Waals surface area contributed by atoms with Gasteiger partial charge in [0.15, 0.2) is 6.61 Å². The van der Waals surface area contributed by atoms with Crippen molar-refractivity contribution in [2.45, 2.75) is 38.4 Å².